The van der Waals surface area contributed by atoms with Crippen molar-refractivity contribution in [2.24, 2.45) is 11.1 Å². The van der Waals surface area contributed by atoms with Crippen molar-refractivity contribution in [3.05, 3.63) is 34.1 Å². The number of hydrogen-bond acceptors (Lipinski definition) is 5. The van der Waals surface area contributed by atoms with E-state index in [2.05, 4.69) is 0 Å². The van der Waals surface area contributed by atoms with Crippen molar-refractivity contribution in [1.29, 1.82) is 0 Å². The van der Waals surface area contributed by atoms with Crippen LogP contribution in [-0.4, -0.2) is 42.5 Å². The molecule has 1 rings (SSSR count). The fraction of sp³-hybridized carbons (Fsp3) is 0.500. The Balaban J connectivity index is 0.00000484. The molecule has 0 atom stereocenters. The average Bonchev–Trinajstić information content (AvgIpc) is 2.43. The van der Waals surface area contributed by atoms with Gasteiger partial charge >= 0.3 is 5.69 Å². The van der Waals surface area contributed by atoms with Gasteiger partial charge in [-0.05, 0) is 18.0 Å². The summed E-state index contributed by atoms with van der Waals surface area (Å²) in [4.78, 5) is 23.1. The maximum Gasteiger partial charge on any atom is 0.305 e. The van der Waals surface area contributed by atoms with Crippen molar-refractivity contribution in [3.63, 3.8) is 0 Å². The number of amides is 1. The Kier molecular flexibility index (Phi) is 7.91. The Morgan fingerprint density at radius 2 is 2.09 bits per heavy atom. The third-order valence-electron chi connectivity index (χ3n) is 3.12. The van der Waals surface area contributed by atoms with Crippen LogP contribution in [0, 0.1) is 21.3 Å². The molecular formula is C14H21ClFN3O4. The van der Waals surface area contributed by atoms with Crippen LogP contribution >= 0.6 is 12.4 Å². The first kappa shape index (κ1) is 21.1. The van der Waals surface area contributed by atoms with Gasteiger partial charge in [-0.1, -0.05) is 13.8 Å². The zero-order chi connectivity index (χ0) is 16.9. The number of likely N-dealkylation sites (N-methyl/N-ethyl adjacent to an activating group) is 1. The Labute approximate surface area is 140 Å². The van der Waals surface area contributed by atoms with Crippen LogP contribution in [0.1, 0.15) is 13.8 Å². The minimum atomic E-state index is -1.01. The molecule has 0 aliphatic rings. The van der Waals surface area contributed by atoms with Gasteiger partial charge in [0.05, 0.1) is 4.92 Å². The van der Waals surface area contributed by atoms with E-state index < -0.39 is 16.4 Å². The second-order valence-corrected chi connectivity index (χ2v) is 5.78. The predicted octanol–water partition coefficient (Wildman–Crippen LogP) is 1.98. The fourth-order valence-corrected chi connectivity index (χ4v) is 1.78. The number of nitro benzene ring substituents is 1. The number of rotatable bonds is 7. The summed E-state index contributed by atoms with van der Waals surface area (Å²) in [7, 11) is 1.62. The highest BCUT2D eigenvalue weighted by Crippen LogP contribution is 2.22. The van der Waals surface area contributed by atoms with Crippen molar-refractivity contribution in [2.45, 2.75) is 13.8 Å². The summed E-state index contributed by atoms with van der Waals surface area (Å²) in [5.74, 6) is -1.24. The van der Waals surface area contributed by atoms with Crippen molar-refractivity contribution < 1.29 is 18.8 Å². The molecule has 0 aromatic heterocycles. The zero-order valence-electron chi connectivity index (χ0n) is 13.2. The van der Waals surface area contributed by atoms with Gasteiger partial charge in [0.25, 0.3) is 5.91 Å². The monoisotopic (exact) mass is 349 g/mol. The molecule has 2 N–H and O–H groups in total. The van der Waals surface area contributed by atoms with E-state index in [0.717, 1.165) is 12.1 Å². The number of carbonyl (C=O) groups excluding carboxylic acids is 1. The van der Waals surface area contributed by atoms with Crippen LogP contribution in [0.3, 0.4) is 0 Å². The molecule has 0 aliphatic carbocycles. The summed E-state index contributed by atoms with van der Waals surface area (Å²) in [5, 5.41) is 10.5. The number of benzene rings is 1. The highest BCUT2D eigenvalue weighted by molar-refractivity contribution is 5.85. The van der Waals surface area contributed by atoms with Gasteiger partial charge in [0.1, 0.15) is 5.75 Å². The largest absolute Gasteiger partial charge is 0.484 e. The van der Waals surface area contributed by atoms with Crippen LogP contribution in [-0.2, 0) is 4.79 Å². The Morgan fingerprint density at radius 1 is 1.48 bits per heavy atom. The van der Waals surface area contributed by atoms with Gasteiger partial charge in [-0.15, -0.1) is 12.4 Å². The maximum absolute atomic E-state index is 13.4. The summed E-state index contributed by atoms with van der Waals surface area (Å²) in [5.41, 5.74) is 4.75. The number of ether oxygens (including phenoxy) is 1. The molecule has 0 bridgehead atoms. The van der Waals surface area contributed by atoms with E-state index in [1.165, 1.54) is 11.0 Å². The minimum Gasteiger partial charge on any atom is -0.484 e. The lowest BCUT2D eigenvalue weighted by Crippen LogP contribution is -2.41. The summed E-state index contributed by atoms with van der Waals surface area (Å²) in [6, 6.07) is 3.13. The van der Waals surface area contributed by atoms with Crippen molar-refractivity contribution in [3.8, 4) is 5.75 Å². The first-order chi connectivity index (χ1) is 10.2. The molecule has 23 heavy (non-hydrogen) atoms. The second kappa shape index (κ2) is 8.64. The van der Waals surface area contributed by atoms with E-state index >= 15 is 0 Å². The Morgan fingerprint density at radius 3 is 2.57 bits per heavy atom. The first-order valence-corrected chi connectivity index (χ1v) is 6.67. The van der Waals surface area contributed by atoms with Gasteiger partial charge in [0.15, 0.2) is 6.61 Å². The van der Waals surface area contributed by atoms with Gasteiger partial charge in [0, 0.05) is 25.7 Å². The Bertz CT molecular complexity index is 569. The van der Waals surface area contributed by atoms with Crippen molar-refractivity contribution >= 4 is 24.0 Å². The normalized spacial score (nSPS) is 10.7. The van der Waals surface area contributed by atoms with E-state index in [-0.39, 0.29) is 36.1 Å². The topological polar surface area (TPSA) is 98.7 Å². The third kappa shape index (κ3) is 6.37. The molecule has 9 heteroatoms. The molecule has 0 unspecified atom stereocenters. The van der Waals surface area contributed by atoms with E-state index in [0.29, 0.717) is 13.1 Å². The molecule has 0 aliphatic heterocycles. The van der Waals surface area contributed by atoms with E-state index in [9.17, 15) is 19.3 Å². The molecule has 7 nitrogen and oxygen atoms in total. The molecule has 130 valence electrons. The predicted molar refractivity (Wildman–Crippen MR) is 86.3 cm³/mol. The SMILES string of the molecule is CN(CC(C)(C)CN)C(=O)COc1ccc([N+](=O)[O-])c(F)c1.Cl. The molecule has 0 radical (unpaired) electrons. The van der Waals surface area contributed by atoms with Crippen LogP contribution in [0.25, 0.3) is 0 Å². The van der Waals surface area contributed by atoms with Crippen LogP contribution in [0.4, 0.5) is 10.1 Å². The summed E-state index contributed by atoms with van der Waals surface area (Å²) < 4.78 is 18.6. The zero-order valence-corrected chi connectivity index (χ0v) is 14.1. The molecule has 0 saturated heterocycles. The highest BCUT2D eigenvalue weighted by atomic mass is 35.5. The van der Waals surface area contributed by atoms with E-state index in [1.54, 1.807) is 7.05 Å². The van der Waals surface area contributed by atoms with Gasteiger partial charge in [-0.2, -0.15) is 4.39 Å². The molecular weight excluding hydrogens is 329 g/mol. The number of carbonyl (C=O) groups is 1. The average molecular weight is 350 g/mol. The lowest BCUT2D eigenvalue weighted by atomic mass is 9.93. The van der Waals surface area contributed by atoms with E-state index in [4.69, 9.17) is 10.5 Å². The van der Waals surface area contributed by atoms with Crippen LogP contribution in [0.15, 0.2) is 18.2 Å². The summed E-state index contributed by atoms with van der Waals surface area (Å²) in [6.07, 6.45) is 0. The fourth-order valence-electron chi connectivity index (χ4n) is 1.78. The van der Waals surface area contributed by atoms with Gasteiger partial charge in [0.2, 0.25) is 5.82 Å². The van der Waals surface area contributed by atoms with Gasteiger partial charge < -0.3 is 15.4 Å². The van der Waals surface area contributed by atoms with Gasteiger partial charge in [-0.3, -0.25) is 14.9 Å². The summed E-state index contributed by atoms with van der Waals surface area (Å²) in [6.45, 7) is 4.47. The minimum absolute atomic E-state index is 0. The standard InChI is InChI=1S/C14H20FN3O4.ClH/c1-14(2,8-16)9-17(3)13(19)7-22-10-4-5-12(18(20)21)11(15)6-10;/h4-6H,7-9,16H2,1-3H3;1H. The lowest BCUT2D eigenvalue weighted by molar-refractivity contribution is -0.387. The number of halogens is 2. The van der Waals surface area contributed by atoms with Gasteiger partial charge in [-0.25, -0.2) is 0 Å². The van der Waals surface area contributed by atoms with Crippen LogP contribution in [0.5, 0.6) is 5.75 Å². The molecule has 1 aromatic rings. The van der Waals surface area contributed by atoms with Crippen LogP contribution in [0.2, 0.25) is 0 Å². The maximum atomic E-state index is 13.4. The van der Waals surface area contributed by atoms with E-state index in [1.807, 2.05) is 13.8 Å². The van der Waals surface area contributed by atoms with Crippen molar-refractivity contribution in [1.82, 2.24) is 4.90 Å². The molecule has 0 spiro atoms. The number of nitrogens with two attached hydrogens (primary N) is 1. The van der Waals surface area contributed by atoms with Crippen LogP contribution < -0.4 is 10.5 Å². The molecule has 0 saturated carbocycles. The smallest absolute Gasteiger partial charge is 0.305 e. The highest BCUT2D eigenvalue weighted by Gasteiger charge is 2.21. The number of hydrogen-bond donors (Lipinski definition) is 1. The second-order valence-electron chi connectivity index (χ2n) is 5.78. The number of nitro groups is 1. The number of nitrogens with zero attached hydrogens (tertiary/aromatic N) is 2. The summed E-state index contributed by atoms with van der Waals surface area (Å²) >= 11 is 0. The molecule has 1 aromatic carbocycles. The first-order valence-electron chi connectivity index (χ1n) is 6.67. The quantitative estimate of drug-likeness (QED) is 0.599. The molecule has 1 amide bonds. The van der Waals surface area contributed by atoms with Crippen molar-refractivity contribution in [2.75, 3.05) is 26.7 Å². The third-order valence-corrected chi connectivity index (χ3v) is 3.12. The molecule has 0 fully saturated rings. The lowest BCUT2D eigenvalue weighted by Gasteiger charge is -2.28. The Hall–Kier alpha value is -1.93. The molecule has 0 heterocycles.